The molecule has 1 nitrogen and oxygen atoms in total. The molecular formula is C8H12Br2O. The highest BCUT2D eigenvalue weighted by Crippen LogP contribution is 2.40. The molecule has 1 saturated carbocycles. The minimum absolute atomic E-state index is 0.249. The van der Waals surface area contributed by atoms with Crippen LogP contribution in [-0.4, -0.2) is 14.9 Å². The average molecular weight is 284 g/mol. The molecule has 2 unspecified atom stereocenters. The van der Waals surface area contributed by atoms with Gasteiger partial charge in [0.15, 0.2) is 0 Å². The summed E-state index contributed by atoms with van der Waals surface area (Å²) in [5, 5.41) is 0. The van der Waals surface area contributed by atoms with E-state index in [1.54, 1.807) is 6.92 Å². The second kappa shape index (κ2) is 3.56. The van der Waals surface area contributed by atoms with Crippen LogP contribution >= 0.6 is 31.9 Å². The number of hydrogen-bond donors (Lipinski definition) is 0. The predicted molar refractivity (Wildman–Crippen MR) is 53.5 cm³/mol. The molecule has 3 heteroatoms. The summed E-state index contributed by atoms with van der Waals surface area (Å²) in [7, 11) is 0. The van der Waals surface area contributed by atoms with Gasteiger partial charge in [0.25, 0.3) is 0 Å². The molecule has 0 aromatic rings. The molecule has 1 rings (SSSR count). The van der Waals surface area contributed by atoms with Crippen LogP contribution < -0.4 is 0 Å². The number of Topliss-reactive ketones (excluding diaryl/α,β-unsaturated/α-hetero) is 1. The summed E-state index contributed by atoms with van der Waals surface area (Å²) in [6, 6.07) is 0. The van der Waals surface area contributed by atoms with Gasteiger partial charge in [-0.15, -0.1) is 0 Å². The SMILES string of the molecule is CC(=O)C1(Br)CCCCC1Br. The summed E-state index contributed by atoms with van der Waals surface area (Å²) in [6.07, 6.45) is 4.46. The van der Waals surface area contributed by atoms with Crippen molar-refractivity contribution in [1.82, 2.24) is 0 Å². The monoisotopic (exact) mass is 282 g/mol. The molecule has 0 aliphatic heterocycles. The molecule has 0 heterocycles. The van der Waals surface area contributed by atoms with E-state index in [1.807, 2.05) is 0 Å². The summed E-state index contributed by atoms with van der Waals surface area (Å²) in [6.45, 7) is 1.66. The maximum Gasteiger partial charge on any atom is 0.147 e. The Bertz CT molecular complexity index is 169. The van der Waals surface area contributed by atoms with Gasteiger partial charge in [-0.2, -0.15) is 0 Å². The van der Waals surface area contributed by atoms with Crippen LogP contribution in [-0.2, 0) is 4.79 Å². The summed E-state index contributed by atoms with van der Waals surface area (Å²) in [5.74, 6) is 0.249. The van der Waals surface area contributed by atoms with Crippen molar-refractivity contribution in [2.45, 2.75) is 41.8 Å². The second-order valence-electron chi connectivity index (χ2n) is 3.13. The van der Waals surface area contributed by atoms with Gasteiger partial charge in [0.1, 0.15) is 5.78 Å². The molecule has 0 aromatic carbocycles. The molecule has 0 N–H and O–H groups in total. The number of carbonyl (C=O) groups excluding carboxylic acids is 1. The summed E-state index contributed by atoms with van der Waals surface area (Å²) in [4.78, 5) is 11.6. The van der Waals surface area contributed by atoms with E-state index in [0.29, 0.717) is 4.83 Å². The zero-order chi connectivity index (χ0) is 8.48. The molecular weight excluding hydrogens is 272 g/mol. The number of alkyl halides is 2. The van der Waals surface area contributed by atoms with E-state index in [4.69, 9.17) is 0 Å². The van der Waals surface area contributed by atoms with Crippen LogP contribution in [0.2, 0.25) is 0 Å². The van der Waals surface area contributed by atoms with Crippen molar-refractivity contribution < 1.29 is 4.79 Å². The van der Waals surface area contributed by atoms with Crippen molar-refractivity contribution in [2.24, 2.45) is 0 Å². The van der Waals surface area contributed by atoms with Crippen LogP contribution in [0.1, 0.15) is 32.6 Å². The highest BCUT2D eigenvalue weighted by Gasteiger charge is 2.40. The van der Waals surface area contributed by atoms with Gasteiger partial charge in [-0.25, -0.2) is 0 Å². The van der Waals surface area contributed by atoms with Crippen LogP contribution in [0.15, 0.2) is 0 Å². The van der Waals surface area contributed by atoms with Crippen LogP contribution in [0.3, 0.4) is 0 Å². The minimum atomic E-state index is -0.273. The molecule has 1 aliphatic carbocycles. The zero-order valence-corrected chi connectivity index (χ0v) is 9.74. The molecule has 64 valence electrons. The first-order chi connectivity index (χ1) is 5.07. The molecule has 2 atom stereocenters. The zero-order valence-electron chi connectivity index (χ0n) is 6.57. The summed E-state index contributed by atoms with van der Waals surface area (Å²) < 4.78 is -0.273. The molecule has 0 saturated heterocycles. The van der Waals surface area contributed by atoms with Gasteiger partial charge in [-0.3, -0.25) is 4.79 Å². The lowest BCUT2D eigenvalue weighted by Gasteiger charge is -2.34. The van der Waals surface area contributed by atoms with Crippen molar-refractivity contribution in [3.05, 3.63) is 0 Å². The fourth-order valence-corrected chi connectivity index (χ4v) is 2.87. The molecule has 0 radical (unpaired) electrons. The Morgan fingerprint density at radius 2 is 2.18 bits per heavy atom. The Kier molecular flexibility index (Phi) is 3.15. The fraction of sp³-hybridized carbons (Fsp3) is 0.875. The summed E-state index contributed by atoms with van der Waals surface area (Å²) >= 11 is 7.07. The second-order valence-corrected chi connectivity index (χ2v) is 5.65. The Labute approximate surface area is 84.2 Å². The van der Waals surface area contributed by atoms with Crippen LogP contribution in [0.25, 0.3) is 0 Å². The van der Waals surface area contributed by atoms with E-state index >= 15 is 0 Å². The Morgan fingerprint density at radius 3 is 2.55 bits per heavy atom. The van der Waals surface area contributed by atoms with E-state index in [9.17, 15) is 4.79 Å². The lowest BCUT2D eigenvalue weighted by Crippen LogP contribution is -2.41. The van der Waals surface area contributed by atoms with Crippen molar-refractivity contribution in [1.29, 1.82) is 0 Å². The van der Waals surface area contributed by atoms with Crippen LogP contribution in [0, 0.1) is 0 Å². The number of hydrogen-bond acceptors (Lipinski definition) is 1. The highest BCUT2D eigenvalue weighted by molar-refractivity contribution is 9.12. The lowest BCUT2D eigenvalue weighted by atomic mass is 9.86. The highest BCUT2D eigenvalue weighted by atomic mass is 79.9. The molecule has 1 aliphatic rings. The molecule has 11 heavy (non-hydrogen) atoms. The Morgan fingerprint density at radius 1 is 1.55 bits per heavy atom. The lowest BCUT2D eigenvalue weighted by molar-refractivity contribution is -0.119. The van der Waals surface area contributed by atoms with Gasteiger partial charge in [0.05, 0.1) is 4.32 Å². The topological polar surface area (TPSA) is 17.1 Å². The third kappa shape index (κ3) is 1.86. The number of rotatable bonds is 1. The quantitative estimate of drug-likeness (QED) is 0.676. The van der Waals surface area contributed by atoms with Crippen molar-refractivity contribution in [3.8, 4) is 0 Å². The van der Waals surface area contributed by atoms with Crippen molar-refractivity contribution in [3.63, 3.8) is 0 Å². The largest absolute Gasteiger partial charge is 0.298 e. The van der Waals surface area contributed by atoms with Crippen LogP contribution in [0.5, 0.6) is 0 Å². The van der Waals surface area contributed by atoms with Gasteiger partial charge in [0.2, 0.25) is 0 Å². The van der Waals surface area contributed by atoms with Crippen LogP contribution in [0.4, 0.5) is 0 Å². The Balaban J connectivity index is 2.72. The van der Waals surface area contributed by atoms with Gasteiger partial charge in [-0.1, -0.05) is 44.7 Å². The molecule has 0 amide bonds. The number of halogens is 2. The van der Waals surface area contributed by atoms with Gasteiger partial charge >= 0.3 is 0 Å². The first kappa shape index (κ1) is 9.72. The van der Waals surface area contributed by atoms with Gasteiger partial charge in [0, 0.05) is 4.83 Å². The first-order valence-corrected chi connectivity index (χ1v) is 5.62. The first-order valence-electron chi connectivity index (χ1n) is 3.91. The Hall–Kier alpha value is 0.630. The number of carbonyl (C=O) groups is 1. The van der Waals surface area contributed by atoms with E-state index in [2.05, 4.69) is 31.9 Å². The van der Waals surface area contributed by atoms with E-state index in [0.717, 1.165) is 19.3 Å². The van der Waals surface area contributed by atoms with E-state index < -0.39 is 0 Å². The van der Waals surface area contributed by atoms with Gasteiger partial charge in [-0.05, 0) is 19.8 Å². The maximum atomic E-state index is 11.3. The maximum absolute atomic E-state index is 11.3. The van der Waals surface area contributed by atoms with E-state index in [1.165, 1.54) is 6.42 Å². The summed E-state index contributed by atoms with van der Waals surface area (Å²) in [5.41, 5.74) is 0. The van der Waals surface area contributed by atoms with Crippen molar-refractivity contribution >= 4 is 37.6 Å². The molecule has 0 aromatic heterocycles. The standard InChI is InChI=1S/C8H12Br2O/c1-6(11)8(10)5-3-2-4-7(8)9/h7H,2-5H2,1H3. The van der Waals surface area contributed by atoms with E-state index in [-0.39, 0.29) is 10.1 Å². The third-order valence-corrected chi connectivity index (χ3v) is 5.69. The molecule has 1 fully saturated rings. The smallest absolute Gasteiger partial charge is 0.147 e. The normalized spacial score (nSPS) is 38.6. The fourth-order valence-electron chi connectivity index (χ4n) is 1.49. The minimum Gasteiger partial charge on any atom is -0.298 e. The number of ketones is 1. The predicted octanol–water partition coefficient (Wildman–Crippen LogP) is 3.05. The van der Waals surface area contributed by atoms with Crippen molar-refractivity contribution in [2.75, 3.05) is 0 Å². The average Bonchev–Trinajstić information content (AvgIpc) is 1.95. The third-order valence-electron chi connectivity index (χ3n) is 2.33. The molecule has 0 bridgehead atoms. The molecule has 0 spiro atoms. The van der Waals surface area contributed by atoms with Gasteiger partial charge < -0.3 is 0 Å².